The molecule has 0 radical (unpaired) electrons. The average Bonchev–Trinajstić information content (AvgIpc) is 2.43. The summed E-state index contributed by atoms with van der Waals surface area (Å²) < 4.78 is 5.68. The molecule has 2 rings (SSSR count). The zero-order valence-corrected chi connectivity index (χ0v) is 13.5. The van der Waals surface area contributed by atoms with Gasteiger partial charge >= 0.3 is 0 Å². The summed E-state index contributed by atoms with van der Waals surface area (Å²) in [6.07, 6.45) is 0. The summed E-state index contributed by atoms with van der Waals surface area (Å²) in [6.45, 7) is 3.03. The van der Waals surface area contributed by atoms with E-state index in [1.54, 1.807) is 32.0 Å². The number of ether oxygens (including phenoxy) is 1. The Morgan fingerprint density at radius 2 is 2.05 bits per heavy atom. The van der Waals surface area contributed by atoms with Crippen LogP contribution in [0.4, 0.5) is 0 Å². The van der Waals surface area contributed by atoms with Crippen LogP contribution < -0.4 is 10.1 Å². The van der Waals surface area contributed by atoms with E-state index in [9.17, 15) is 14.4 Å². The zero-order chi connectivity index (χ0) is 15.8. The number of rotatable bonds is 2. The highest BCUT2D eigenvalue weighted by Crippen LogP contribution is 2.27. The normalized spacial score (nSPS) is 17.4. The molecule has 1 aliphatic rings. The van der Waals surface area contributed by atoms with Gasteiger partial charge in [-0.25, -0.2) is 0 Å². The van der Waals surface area contributed by atoms with Crippen molar-refractivity contribution in [3.05, 3.63) is 28.2 Å². The maximum atomic E-state index is 12.7. The fourth-order valence-corrected chi connectivity index (χ4v) is 2.47. The Morgan fingerprint density at radius 1 is 1.38 bits per heavy atom. The first-order chi connectivity index (χ1) is 9.77. The van der Waals surface area contributed by atoms with Crippen molar-refractivity contribution in [1.29, 1.82) is 0 Å². The summed E-state index contributed by atoms with van der Waals surface area (Å²) >= 11 is 3.31. The fraction of sp³-hybridized carbons (Fsp3) is 0.357. The van der Waals surface area contributed by atoms with Gasteiger partial charge in [-0.2, -0.15) is 0 Å². The second kappa shape index (κ2) is 5.48. The molecule has 0 aliphatic carbocycles. The van der Waals surface area contributed by atoms with Gasteiger partial charge in [-0.1, -0.05) is 0 Å². The van der Waals surface area contributed by atoms with Crippen molar-refractivity contribution in [2.45, 2.75) is 19.4 Å². The molecule has 0 aromatic heterocycles. The van der Waals surface area contributed by atoms with E-state index in [1.807, 2.05) is 0 Å². The third-order valence-electron chi connectivity index (χ3n) is 3.43. The topological polar surface area (TPSA) is 75.7 Å². The predicted octanol–water partition coefficient (Wildman–Crippen LogP) is 1.33. The number of hydrogen-bond acceptors (Lipinski definition) is 4. The molecule has 1 saturated heterocycles. The van der Waals surface area contributed by atoms with Crippen molar-refractivity contribution in [2.75, 3.05) is 13.7 Å². The number of piperazine rings is 1. The predicted molar refractivity (Wildman–Crippen MR) is 79.0 cm³/mol. The number of amides is 3. The smallest absolute Gasteiger partial charge is 0.256 e. The van der Waals surface area contributed by atoms with Crippen LogP contribution in [-0.2, 0) is 9.59 Å². The van der Waals surface area contributed by atoms with E-state index in [2.05, 4.69) is 21.2 Å². The largest absolute Gasteiger partial charge is 0.497 e. The number of nitrogens with one attached hydrogen (secondary N) is 1. The fourth-order valence-electron chi connectivity index (χ4n) is 2.05. The second-order valence-electron chi connectivity index (χ2n) is 5.17. The lowest BCUT2D eigenvalue weighted by molar-refractivity contribution is -0.143. The monoisotopic (exact) mass is 354 g/mol. The maximum Gasteiger partial charge on any atom is 0.256 e. The molecule has 1 aliphatic heterocycles. The number of nitrogens with zero attached hydrogens (tertiary/aromatic N) is 1. The lowest BCUT2D eigenvalue weighted by Gasteiger charge is -2.40. The molecule has 0 saturated carbocycles. The highest BCUT2D eigenvalue weighted by atomic mass is 79.9. The molecule has 0 atom stereocenters. The van der Waals surface area contributed by atoms with Crippen molar-refractivity contribution >= 4 is 33.7 Å². The van der Waals surface area contributed by atoms with Gasteiger partial charge in [-0.3, -0.25) is 19.7 Å². The molecule has 0 unspecified atom stereocenters. The van der Waals surface area contributed by atoms with Crippen LogP contribution in [0, 0.1) is 0 Å². The van der Waals surface area contributed by atoms with Gasteiger partial charge in [0.1, 0.15) is 17.8 Å². The van der Waals surface area contributed by atoms with Gasteiger partial charge < -0.3 is 9.64 Å². The van der Waals surface area contributed by atoms with Gasteiger partial charge in [-0.05, 0) is 48.0 Å². The van der Waals surface area contributed by atoms with Crippen molar-refractivity contribution in [3.8, 4) is 5.75 Å². The highest BCUT2D eigenvalue weighted by molar-refractivity contribution is 9.10. The zero-order valence-electron chi connectivity index (χ0n) is 11.9. The van der Waals surface area contributed by atoms with Crippen molar-refractivity contribution in [1.82, 2.24) is 10.2 Å². The second-order valence-corrected chi connectivity index (χ2v) is 6.03. The third-order valence-corrected chi connectivity index (χ3v) is 4.13. The molecule has 6 nitrogen and oxygen atoms in total. The van der Waals surface area contributed by atoms with Crippen LogP contribution in [0.3, 0.4) is 0 Å². The van der Waals surface area contributed by atoms with Crippen molar-refractivity contribution in [3.63, 3.8) is 0 Å². The van der Waals surface area contributed by atoms with E-state index in [0.717, 1.165) is 0 Å². The Bertz CT molecular complexity index is 627. The Labute approximate surface area is 130 Å². The number of carbonyl (C=O) groups is 3. The minimum atomic E-state index is -1.10. The number of methoxy groups -OCH3 is 1. The lowest BCUT2D eigenvalue weighted by Crippen LogP contribution is -2.65. The number of imide groups is 1. The third kappa shape index (κ3) is 2.78. The molecule has 112 valence electrons. The first kappa shape index (κ1) is 15.5. The number of benzene rings is 1. The Hall–Kier alpha value is -1.89. The number of carbonyl (C=O) groups excluding carboxylic acids is 3. The van der Waals surface area contributed by atoms with Crippen molar-refractivity contribution < 1.29 is 19.1 Å². The Kier molecular flexibility index (Phi) is 4.04. The molecule has 1 fully saturated rings. The van der Waals surface area contributed by atoms with E-state index >= 15 is 0 Å². The van der Waals surface area contributed by atoms with E-state index in [-0.39, 0.29) is 6.54 Å². The number of hydrogen-bond donors (Lipinski definition) is 1. The van der Waals surface area contributed by atoms with E-state index < -0.39 is 23.3 Å². The summed E-state index contributed by atoms with van der Waals surface area (Å²) in [5, 5.41) is 2.23. The van der Waals surface area contributed by atoms with Gasteiger partial charge in [-0.15, -0.1) is 0 Å². The maximum absolute atomic E-state index is 12.7. The van der Waals surface area contributed by atoms with Gasteiger partial charge in [0.2, 0.25) is 5.91 Å². The first-order valence-electron chi connectivity index (χ1n) is 6.27. The average molecular weight is 355 g/mol. The molecule has 0 bridgehead atoms. The van der Waals surface area contributed by atoms with Gasteiger partial charge in [0.05, 0.1) is 12.7 Å². The Morgan fingerprint density at radius 3 is 2.67 bits per heavy atom. The molecule has 1 aromatic carbocycles. The highest BCUT2D eigenvalue weighted by Gasteiger charge is 2.44. The van der Waals surface area contributed by atoms with Crippen LogP contribution in [0.5, 0.6) is 5.75 Å². The van der Waals surface area contributed by atoms with Gasteiger partial charge in [0, 0.05) is 4.47 Å². The molecule has 7 heteroatoms. The van der Waals surface area contributed by atoms with Gasteiger partial charge in [0.15, 0.2) is 0 Å². The van der Waals surface area contributed by atoms with E-state index in [4.69, 9.17) is 4.74 Å². The quantitative estimate of drug-likeness (QED) is 0.813. The van der Waals surface area contributed by atoms with Crippen LogP contribution in [-0.4, -0.2) is 41.8 Å². The van der Waals surface area contributed by atoms with Crippen LogP contribution in [0.15, 0.2) is 22.7 Å². The summed E-state index contributed by atoms with van der Waals surface area (Å²) in [4.78, 5) is 37.4. The molecule has 21 heavy (non-hydrogen) atoms. The molecule has 1 N–H and O–H groups in total. The summed E-state index contributed by atoms with van der Waals surface area (Å²) in [6, 6.07) is 4.96. The summed E-state index contributed by atoms with van der Waals surface area (Å²) in [7, 11) is 1.50. The van der Waals surface area contributed by atoms with E-state index in [1.165, 1.54) is 12.0 Å². The van der Waals surface area contributed by atoms with Crippen LogP contribution >= 0.6 is 15.9 Å². The molecule has 1 heterocycles. The molecular weight excluding hydrogens is 340 g/mol. The van der Waals surface area contributed by atoms with Crippen LogP contribution in [0.25, 0.3) is 0 Å². The number of halogens is 1. The standard InChI is InChI=1S/C14H15BrN2O4/c1-14(2)13(20)16-11(18)7-17(14)12(19)9-6-8(21-3)4-5-10(9)15/h4-6H,7H2,1-3H3,(H,16,18,20). The van der Waals surface area contributed by atoms with E-state index in [0.29, 0.717) is 15.8 Å². The summed E-state index contributed by atoms with van der Waals surface area (Å²) in [5.41, 5.74) is -0.766. The lowest BCUT2D eigenvalue weighted by atomic mass is 9.97. The van der Waals surface area contributed by atoms with Gasteiger partial charge in [0.25, 0.3) is 11.8 Å². The molecular formula is C14H15BrN2O4. The SMILES string of the molecule is COc1ccc(Br)c(C(=O)N2CC(=O)NC(=O)C2(C)C)c1. The van der Waals surface area contributed by atoms with Crippen LogP contribution in [0.1, 0.15) is 24.2 Å². The minimum Gasteiger partial charge on any atom is -0.497 e. The molecule has 1 aromatic rings. The van der Waals surface area contributed by atoms with Crippen molar-refractivity contribution in [2.24, 2.45) is 0 Å². The Balaban J connectivity index is 2.43. The summed E-state index contributed by atoms with van der Waals surface area (Å²) in [5.74, 6) is -0.876. The molecule has 3 amide bonds. The van der Waals surface area contributed by atoms with Crippen LogP contribution in [0.2, 0.25) is 0 Å². The minimum absolute atomic E-state index is 0.165. The molecule has 0 spiro atoms. The first-order valence-corrected chi connectivity index (χ1v) is 7.06.